The molecule has 0 saturated carbocycles. The fraction of sp³-hybridized carbons (Fsp3) is 0.562. The average molecular weight is 345 g/mol. The number of benzene rings is 1. The van der Waals surface area contributed by atoms with E-state index in [-0.39, 0.29) is 17.7 Å². The van der Waals surface area contributed by atoms with Crippen LogP contribution in [-0.2, 0) is 9.53 Å². The van der Waals surface area contributed by atoms with Crippen LogP contribution in [0.4, 0.5) is 0 Å². The van der Waals surface area contributed by atoms with Gasteiger partial charge in [-0.2, -0.15) is 0 Å². The fourth-order valence-electron chi connectivity index (χ4n) is 2.74. The minimum atomic E-state index is -0.488. The van der Waals surface area contributed by atoms with Crippen LogP contribution in [0.25, 0.3) is 0 Å². The summed E-state index contributed by atoms with van der Waals surface area (Å²) in [5.74, 6) is 0.0851. The van der Waals surface area contributed by atoms with E-state index in [2.05, 4.69) is 5.32 Å². The summed E-state index contributed by atoms with van der Waals surface area (Å²) in [6, 6.07) is 4.92. The van der Waals surface area contributed by atoms with Gasteiger partial charge in [0.15, 0.2) is 0 Å². The van der Waals surface area contributed by atoms with E-state index in [1.54, 1.807) is 18.2 Å². The highest BCUT2D eigenvalue weighted by atomic mass is 35.5. The predicted molar refractivity (Wildman–Crippen MR) is 89.4 cm³/mol. The van der Waals surface area contributed by atoms with Crippen LogP contribution in [0.2, 0.25) is 10.0 Å². The van der Waals surface area contributed by atoms with Crippen LogP contribution in [0, 0.1) is 5.92 Å². The van der Waals surface area contributed by atoms with Gasteiger partial charge in [-0.05, 0) is 36.5 Å². The Balaban J connectivity index is 1.90. The number of nitrogens with one attached hydrogen (secondary N) is 1. The summed E-state index contributed by atoms with van der Waals surface area (Å²) in [4.78, 5) is 12.2. The van der Waals surface area contributed by atoms with Crippen molar-refractivity contribution in [2.45, 2.75) is 31.7 Å². The Bertz CT molecular complexity index is 499. The number of nitrogens with two attached hydrogens (primary N) is 1. The third-order valence-electron chi connectivity index (χ3n) is 4.15. The molecule has 0 aromatic heterocycles. The van der Waals surface area contributed by atoms with Crippen molar-refractivity contribution in [3.05, 3.63) is 33.8 Å². The molecule has 1 aromatic rings. The second-order valence-electron chi connectivity index (χ2n) is 5.76. The molecule has 22 heavy (non-hydrogen) atoms. The van der Waals surface area contributed by atoms with Crippen LogP contribution < -0.4 is 11.1 Å². The van der Waals surface area contributed by atoms with Crippen molar-refractivity contribution in [3.8, 4) is 0 Å². The molecule has 0 bridgehead atoms. The maximum atomic E-state index is 12.2. The summed E-state index contributed by atoms with van der Waals surface area (Å²) in [7, 11) is 0. The fourth-order valence-corrected chi connectivity index (χ4v) is 3.51. The Hall–Kier alpha value is -0.810. The molecule has 6 heteroatoms. The second kappa shape index (κ2) is 8.16. The Labute approximate surface area is 141 Å². The Kier molecular flexibility index (Phi) is 6.50. The van der Waals surface area contributed by atoms with Gasteiger partial charge < -0.3 is 15.8 Å². The van der Waals surface area contributed by atoms with Gasteiger partial charge in [0, 0.05) is 35.7 Å². The van der Waals surface area contributed by atoms with Crippen molar-refractivity contribution in [2.75, 3.05) is 19.8 Å². The zero-order chi connectivity index (χ0) is 16.1. The van der Waals surface area contributed by atoms with Gasteiger partial charge in [-0.25, -0.2) is 0 Å². The third kappa shape index (κ3) is 4.35. The van der Waals surface area contributed by atoms with Crippen LogP contribution in [0.3, 0.4) is 0 Å². The molecule has 0 spiro atoms. The number of carbonyl (C=O) groups is 1. The van der Waals surface area contributed by atoms with Gasteiger partial charge in [-0.3, -0.25) is 4.79 Å². The van der Waals surface area contributed by atoms with Crippen molar-refractivity contribution >= 4 is 29.1 Å². The van der Waals surface area contributed by atoms with E-state index in [0.717, 1.165) is 18.4 Å². The first-order valence-corrected chi connectivity index (χ1v) is 8.31. The van der Waals surface area contributed by atoms with E-state index in [1.165, 1.54) is 0 Å². The molecule has 1 amide bonds. The molecule has 3 N–H and O–H groups in total. The summed E-state index contributed by atoms with van der Waals surface area (Å²) >= 11 is 12.4. The lowest BCUT2D eigenvalue weighted by Crippen LogP contribution is -2.47. The molecule has 1 fully saturated rings. The summed E-state index contributed by atoms with van der Waals surface area (Å²) in [5.41, 5.74) is 6.91. The number of hydrogen-bond donors (Lipinski definition) is 2. The van der Waals surface area contributed by atoms with Crippen molar-refractivity contribution in [3.63, 3.8) is 0 Å². The Morgan fingerprint density at radius 2 is 1.95 bits per heavy atom. The first-order chi connectivity index (χ1) is 10.5. The number of halogens is 2. The number of carbonyl (C=O) groups excluding carboxylic acids is 1. The minimum Gasteiger partial charge on any atom is -0.381 e. The predicted octanol–water partition coefficient (Wildman–Crippen LogP) is 2.97. The molecule has 1 heterocycles. The van der Waals surface area contributed by atoms with Crippen LogP contribution in [0.1, 0.15) is 31.2 Å². The summed E-state index contributed by atoms with van der Waals surface area (Å²) in [6.45, 7) is 3.79. The summed E-state index contributed by atoms with van der Waals surface area (Å²) < 4.78 is 5.30. The van der Waals surface area contributed by atoms with E-state index in [4.69, 9.17) is 33.7 Å². The van der Waals surface area contributed by atoms with E-state index in [1.807, 2.05) is 6.92 Å². The number of rotatable bonds is 5. The average Bonchev–Trinajstić information content (AvgIpc) is 2.52. The standard InChI is InChI=1S/C16H22Cl2N2O2/c1-10(14-12(17)3-2-4-13(14)18)9-20-16(21)15(19)11-5-7-22-8-6-11/h2-4,10-11,15H,5-9,19H2,1H3,(H,20,21). The van der Waals surface area contributed by atoms with E-state index >= 15 is 0 Å². The van der Waals surface area contributed by atoms with Gasteiger partial charge >= 0.3 is 0 Å². The molecule has 1 aromatic carbocycles. The maximum Gasteiger partial charge on any atom is 0.237 e. The molecule has 122 valence electrons. The Morgan fingerprint density at radius 3 is 2.55 bits per heavy atom. The smallest absolute Gasteiger partial charge is 0.237 e. The maximum absolute atomic E-state index is 12.2. The largest absolute Gasteiger partial charge is 0.381 e. The van der Waals surface area contributed by atoms with Crippen molar-refractivity contribution in [1.82, 2.24) is 5.32 Å². The zero-order valence-electron chi connectivity index (χ0n) is 12.6. The highest BCUT2D eigenvalue weighted by Gasteiger charge is 2.26. The lowest BCUT2D eigenvalue weighted by molar-refractivity contribution is -0.124. The van der Waals surface area contributed by atoms with Gasteiger partial charge in [-0.15, -0.1) is 0 Å². The molecule has 2 rings (SSSR count). The highest BCUT2D eigenvalue weighted by Crippen LogP contribution is 2.31. The molecule has 0 radical (unpaired) electrons. The normalized spacial score (nSPS) is 18.7. The lowest BCUT2D eigenvalue weighted by atomic mass is 9.91. The molecular weight excluding hydrogens is 323 g/mol. The van der Waals surface area contributed by atoms with Gasteiger partial charge in [0.25, 0.3) is 0 Å². The van der Waals surface area contributed by atoms with Crippen molar-refractivity contribution in [1.29, 1.82) is 0 Å². The first-order valence-electron chi connectivity index (χ1n) is 7.55. The molecule has 1 aliphatic rings. The van der Waals surface area contributed by atoms with Crippen LogP contribution in [0.5, 0.6) is 0 Å². The van der Waals surface area contributed by atoms with Crippen molar-refractivity contribution < 1.29 is 9.53 Å². The molecule has 4 nitrogen and oxygen atoms in total. The SMILES string of the molecule is CC(CNC(=O)C(N)C1CCOCC1)c1c(Cl)cccc1Cl. The molecular formula is C16H22Cl2N2O2. The number of ether oxygens (including phenoxy) is 1. The van der Waals surface area contributed by atoms with Gasteiger partial charge in [0.1, 0.15) is 0 Å². The van der Waals surface area contributed by atoms with Gasteiger partial charge in [0.2, 0.25) is 5.91 Å². The summed E-state index contributed by atoms with van der Waals surface area (Å²) in [6.07, 6.45) is 1.67. The van der Waals surface area contributed by atoms with E-state index in [9.17, 15) is 4.79 Å². The quantitative estimate of drug-likeness (QED) is 0.862. The molecule has 1 aliphatic heterocycles. The van der Waals surface area contributed by atoms with Crippen LogP contribution in [0.15, 0.2) is 18.2 Å². The van der Waals surface area contributed by atoms with Crippen molar-refractivity contribution in [2.24, 2.45) is 11.7 Å². The third-order valence-corrected chi connectivity index (χ3v) is 4.81. The molecule has 0 aliphatic carbocycles. The monoisotopic (exact) mass is 344 g/mol. The first kappa shape index (κ1) is 17.5. The zero-order valence-corrected chi connectivity index (χ0v) is 14.2. The highest BCUT2D eigenvalue weighted by molar-refractivity contribution is 6.36. The number of hydrogen-bond acceptors (Lipinski definition) is 3. The second-order valence-corrected chi connectivity index (χ2v) is 6.57. The lowest BCUT2D eigenvalue weighted by Gasteiger charge is -2.27. The van der Waals surface area contributed by atoms with E-state index in [0.29, 0.717) is 29.8 Å². The van der Waals surface area contributed by atoms with Gasteiger partial charge in [-0.1, -0.05) is 36.2 Å². The van der Waals surface area contributed by atoms with Crippen LogP contribution in [-0.4, -0.2) is 31.7 Å². The molecule has 2 atom stereocenters. The molecule has 1 saturated heterocycles. The molecule has 2 unspecified atom stereocenters. The Morgan fingerprint density at radius 1 is 1.36 bits per heavy atom. The van der Waals surface area contributed by atoms with E-state index < -0.39 is 6.04 Å². The number of amides is 1. The topological polar surface area (TPSA) is 64.4 Å². The van der Waals surface area contributed by atoms with Crippen LogP contribution >= 0.6 is 23.2 Å². The summed E-state index contributed by atoms with van der Waals surface area (Å²) in [5, 5.41) is 4.14. The van der Waals surface area contributed by atoms with Gasteiger partial charge in [0.05, 0.1) is 6.04 Å². The minimum absolute atomic E-state index is 0.0204.